The molecule has 0 aliphatic rings. The Morgan fingerprint density at radius 3 is 2.19 bits per heavy atom. The second-order valence-electron chi connectivity index (χ2n) is 5.04. The molecule has 0 bridgehead atoms. The Morgan fingerprint density at radius 2 is 1.76 bits per heavy atom. The average molecular weight is 320 g/mol. The maximum Gasteiger partial charge on any atom is 0.249 e. The van der Waals surface area contributed by atoms with Gasteiger partial charge in [-0.1, -0.05) is 20.3 Å². The molecule has 0 fully saturated rings. The van der Waals surface area contributed by atoms with E-state index in [0.717, 1.165) is 22.9 Å². The Labute approximate surface area is 125 Å². The third-order valence-corrected chi connectivity index (χ3v) is 5.47. The van der Waals surface area contributed by atoms with E-state index >= 15 is 0 Å². The summed E-state index contributed by atoms with van der Waals surface area (Å²) >= 11 is 0. The van der Waals surface area contributed by atoms with E-state index < -0.39 is 26.6 Å². The lowest BCUT2D eigenvalue weighted by Crippen LogP contribution is -2.39. The third-order valence-electron chi connectivity index (χ3n) is 3.40. The summed E-state index contributed by atoms with van der Waals surface area (Å²) in [5, 5.41) is 0. The number of hydrogen-bond acceptors (Lipinski definition) is 3. The summed E-state index contributed by atoms with van der Waals surface area (Å²) in [6.07, 6.45) is 1.97. The molecular weight excluding hydrogens is 298 g/mol. The molecule has 0 spiro atoms. The summed E-state index contributed by atoms with van der Waals surface area (Å²) in [7, 11) is -4.23. The number of nitrogen functional groups attached to an aromatic ring is 1. The van der Waals surface area contributed by atoms with Crippen molar-refractivity contribution in [2.45, 2.75) is 51.0 Å². The number of rotatable bonds is 7. The maximum atomic E-state index is 13.9. The van der Waals surface area contributed by atoms with Gasteiger partial charge in [0.1, 0.15) is 11.6 Å². The number of benzene rings is 1. The van der Waals surface area contributed by atoms with Crippen LogP contribution in [0.3, 0.4) is 0 Å². The lowest BCUT2D eigenvalue weighted by molar-refractivity contribution is 0.321. The highest BCUT2D eigenvalue weighted by molar-refractivity contribution is 7.89. The van der Waals surface area contributed by atoms with E-state index in [0.29, 0.717) is 12.8 Å². The molecule has 0 aliphatic carbocycles. The van der Waals surface area contributed by atoms with Gasteiger partial charge in [0.25, 0.3) is 0 Å². The van der Waals surface area contributed by atoms with Crippen molar-refractivity contribution in [3.8, 4) is 0 Å². The molecule has 7 heteroatoms. The van der Waals surface area contributed by atoms with Gasteiger partial charge in [0.15, 0.2) is 4.90 Å². The van der Waals surface area contributed by atoms with Crippen LogP contribution in [0.1, 0.15) is 40.0 Å². The number of nitrogens with two attached hydrogens (primary N) is 1. The molecule has 1 aromatic carbocycles. The van der Waals surface area contributed by atoms with Gasteiger partial charge in [-0.3, -0.25) is 0 Å². The van der Waals surface area contributed by atoms with E-state index in [-0.39, 0.29) is 18.3 Å². The molecule has 0 heterocycles. The molecule has 4 nitrogen and oxygen atoms in total. The zero-order valence-electron chi connectivity index (χ0n) is 12.6. The van der Waals surface area contributed by atoms with Crippen molar-refractivity contribution in [2.75, 3.05) is 12.3 Å². The molecular formula is C14H22F2N2O2S. The van der Waals surface area contributed by atoms with E-state index in [9.17, 15) is 17.2 Å². The third kappa shape index (κ3) is 3.91. The van der Waals surface area contributed by atoms with Gasteiger partial charge in [-0.2, -0.15) is 4.31 Å². The van der Waals surface area contributed by atoms with Gasteiger partial charge in [0, 0.05) is 18.3 Å². The zero-order chi connectivity index (χ0) is 16.2. The molecule has 1 atom stereocenters. The predicted octanol–water partition coefficient (Wildman–Crippen LogP) is 3.14. The Hall–Kier alpha value is -1.21. The van der Waals surface area contributed by atoms with E-state index in [1.54, 1.807) is 6.92 Å². The highest BCUT2D eigenvalue weighted by atomic mass is 32.2. The summed E-state index contributed by atoms with van der Waals surface area (Å²) in [5.74, 6) is -2.31. The van der Waals surface area contributed by atoms with Crippen LogP contribution in [0.2, 0.25) is 0 Å². The van der Waals surface area contributed by atoms with Crippen molar-refractivity contribution in [3.63, 3.8) is 0 Å². The molecule has 0 aromatic heterocycles. The molecule has 1 rings (SSSR count). The number of anilines is 1. The topological polar surface area (TPSA) is 63.4 Å². The first-order chi connectivity index (χ1) is 9.75. The molecule has 120 valence electrons. The summed E-state index contributed by atoms with van der Waals surface area (Å²) in [6.45, 7) is 5.71. The Morgan fingerprint density at radius 1 is 1.24 bits per heavy atom. The number of halogens is 2. The van der Waals surface area contributed by atoms with E-state index in [4.69, 9.17) is 5.73 Å². The van der Waals surface area contributed by atoms with Gasteiger partial charge >= 0.3 is 0 Å². The minimum absolute atomic E-state index is 0.146. The largest absolute Gasteiger partial charge is 0.399 e. The van der Waals surface area contributed by atoms with E-state index in [1.165, 1.54) is 0 Å². The van der Waals surface area contributed by atoms with Crippen LogP contribution < -0.4 is 5.73 Å². The van der Waals surface area contributed by atoms with Crippen LogP contribution in [0.4, 0.5) is 14.5 Å². The highest BCUT2D eigenvalue weighted by Gasteiger charge is 2.33. The first kappa shape index (κ1) is 17.8. The lowest BCUT2D eigenvalue weighted by atomic mass is 10.2. The quantitative estimate of drug-likeness (QED) is 0.785. The van der Waals surface area contributed by atoms with Crippen LogP contribution in [0.25, 0.3) is 0 Å². The van der Waals surface area contributed by atoms with Gasteiger partial charge < -0.3 is 5.73 Å². The van der Waals surface area contributed by atoms with Crippen molar-refractivity contribution in [1.29, 1.82) is 0 Å². The minimum Gasteiger partial charge on any atom is -0.399 e. The molecule has 0 saturated carbocycles. The fraction of sp³-hybridized carbons (Fsp3) is 0.571. The van der Waals surface area contributed by atoms with Crippen molar-refractivity contribution in [3.05, 3.63) is 23.8 Å². The SMILES string of the molecule is CCCCN(C(C)CC)S(=O)(=O)c1c(F)cc(N)cc1F. The maximum absolute atomic E-state index is 13.9. The fourth-order valence-corrected chi connectivity index (χ4v) is 3.88. The number of hydrogen-bond donors (Lipinski definition) is 1. The van der Waals surface area contributed by atoms with Crippen LogP contribution in [0.15, 0.2) is 17.0 Å². The Balaban J connectivity index is 3.35. The monoisotopic (exact) mass is 320 g/mol. The van der Waals surface area contributed by atoms with Crippen LogP contribution in [-0.4, -0.2) is 25.3 Å². The lowest BCUT2D eigenvalue weighted by Gasteiger charge is -2.28. The van der Waals surface area contributed by atoms with Gasteiger partial charge in [0.2, 0.25) is 10.0 Å². The summed E-state index contributed by atoms with van der Waals surface area (Å²) < 4.78 is 54.2. The van der Waals surface area contributed by atoms with Crippen LogP contribution >= 0.6 is 0 Å². The van der Waals surface area contributed by atoms with Crippen LogP contribution in [0, 0.1) is 11.6 Å². The van der Waals surface area contributed by atoms with Crippen molar-refractivity contribution in [2.24, 2.45) is 0 Å². The first-order valence-electron chi connectivity index (χ1n) is 7.02. The molecule has 0 aliphatic heterocycles. The van der Waals surface area contributed by atoms with Crippen molar-refractivity contribution >= 4 is 15.7 Å². The minimum atomic E-state index is -4.23. The van der Waals surface area contributed by atoms with E-state index in [2.05, 4.69) is 0 Å². The fourth-order valence-electron chi connectivity index (χ4n) is 2.04. The van der Waals surface area contributed by atoms with Gasteiger partial charge in [0.05, 0.1) is 0 Å². The second kappa shape index (κ2) is 7.17. The molecule has 2 N–H and O–H groups in total. The summed E-state index contributed by atoms with van der Waals surface area (Å²) in [4.78, 5) is -0.923. The van der Waals surface area contributed by atoms with Gasteiger partial charge in [-0.15, -0.1) is 0 Å². The standard InChI is InChI=1S/C14H22F2N2O2S/c1-4-6-7-18(10(3)5-2)21(19,20)14-12(15)8-11(17)9-13(14)16/h8-10H,4-7,17H2,1-3H3. The number of nitrogens with zero attached hydrogens (tertiary/aromatic N) is 1. The molecule has 21 heavy (non-hydrogen) atoms. The predicted molar refractivity (Wildman–Crippen MR) is 79.3 cm³/mol. The zero-order valence-corrected chi connectivity index (χ0v) is 13.4. The molecule has 1 unspecified atom stereocenters. The average Bonchev–Trinajstić information content (AvgIpc) is 2.36. The summed E-state index contributed by atoms with van der Waals surface area (Å²) in [5.41, 5.74) is 5.18. The number of sulfonamides is 1. The molecule has 0 saturated heterocycles. The summed E-state index contributed by atoms with van der Waals surface area (Å²) in [6, 6.07) is 1.31. The van der Waals surface area contributed by atoms with Crippen molar-refractivity contribution in [1.82, 2.24) is 4.31 Å². The van der Waals surface area contributed by atoms with Gasteiger partial charge in [-0.05, 0) is 31.9 Å². The van der Waals surface area contributed by atoms with Crippen LogP contribution in [-0.2, 0) is 10.0 Å². The molecule has 0 amide bonds. The van der Waals surface area contributed by atoms with Crippen LogP contribution in [0.5, 0.6) is 0 Å². The first-order valence-corrected chi connectivity index (χ1v) is 8.46. The van der Waals surface area contributed by atoms with E-state index in [1.807, 2.05) is 13.8 Å². The second-order valence-corrected chi connectivity index (χ2v) is 6.87. The molecule has 0 radical (unpaired) electrons. The highest BCUT2D eigenvalue weighted by Crippen LogP contribution is 2.27. The van der Waals surface area contributed by atoms with Gasteiger partial charge in [-0.25, -0.2) is 17.2 Å². The normalized spacial score (nSPS) is 13.6. The Bertz CT molecular complexity index is 568. The molecule has 1 aromatic rings. The Kier molecular flexibility index (Phi) is 6.10. The van der Waals surface area contributed by atoms with Crippen molar-refractivity contribution < 1.29 is 17.2 Å². The smallest absolute Gasteiger partial charge is 0.249 e. The number of unbranched alkanes of at least 4 members (excludes halogenated alkanes) is 1.